The number of allylic oxidation sites excluding steroid dienone is 2. The fourth-order valence-electron chi connectivity index (χ4n) is 12.4. The lowest BCUT2D eigenvalue weighted by Gasteiger charge is -2.72. The van der Waals surface area contributed by atoms with E-state index in [1.54, 1.807) is 7.11 Å². The maximum Gasteiger partial charge on any atom is 0.164 e. The molecule has 1 aromatic carbocycles. The number of carbonyl (C=O) groups is 1. The summed E-state index contributed by atoms with van der Waals surface area (Å²) in [6.45, 7) is 22.0. The van der Waals surface area contributed by atoms with Crippen LogP contribution in [-0.2, 0) is 4.79 Å². The summed E-state index contributed by atoms with van der Waals surface area (Å²) in [5, 5.41) is 0. The Morgan fingerprint density at radius 2 is 1.57 bits per heavy atom. The third-order valence-electron chi connectivity index (χ3n) is 14.5. The van der Waals surface area contributed by atoms with Gasteiger partial charge in [0.15, 0.2) is 5.78 Å². The highest BCUT2D eigenvalue weighted by molar-refractivity contribution is 6.04. The minimum atomic E-state index is -0.327. The maximum atomic E-state index is 14.1. The highest BCUT2D eigenvalue weighted by Crippen LogP contribution is 2.77. The van der Waals surface area contributed by atoms with Gasteiger partial charge < -0.3 is 4.74 Å². The monoisotopic (exact) mass is 542 g/mol. The van der Waals surface area contributed by atoms with Crippen LogP contribution in [0.4, 0.5) is 0 Å². The van der Waals surface area contributed by atoms with Crippen LogP contribution in [0.1, 0.15) is 112 Å². The van der Waals surface area contributed by atoms with E-state index in [9.17, 15) is 4.79 Å². The van der Waals surface area contributed by atoms with Gasteiger partial charge in [0.05, 0.1) is 7.11 Å². The van der Waals surface area contributed by atoms with Crippen LogP contribution < -0.4 is 4.74 Å². The van der Waals surface area contributed by atoms with Gasteiger partial charge in [-0.1, -0.05) is 65.8 Å². The van der Waals surface area contributed by atoms with Gasteiger partial charge in [-0.2, -0.15) is 0 Å². The van der Waals surface area contributed by atoms with E-state index >= 15 is 0 Å². The van der Waals surface area contributed by atoms with Crippen LogP contribution in [0.25, 0.3) is 6.08 Å². The first-order chi connectivity index (χ1) is 18.7. The second kappa shape index (κ2) is 9.08. The molecule has 2 heteroatoms. The molecule has 5 saturated carbocycles. The summed E-state index contributed by atoms with van der Waals surface area (Å²) in [5.74, 6) is 4.62. The van der Waals surface area contributed by atoms with E-state index in [0.29, 0.717) is 39.8 Å². The molecule has 0 N–H and O–H groups in total. The number of methoxy groups -OCH3 is 1. The van der Waals surface area contributed by atoms with E-state index < -0.39 is 0 Å². The normalized spacial score (nSPS) is 46.6. The number of hydrogen-bond acceptors (Lipinski definition) is 2. The van der Waals surface area contributed by atoms with Crippen LogP contribution in [0.2, 0.25) is 0 Å². The highest BCUT2D eigenvalue weighted by Gasteiger charge is 2.70. The van der Waals surface area contributed by atoms with Crippen LogP contribution in [0, 0.1) is 56.7 Å². The number of rotatable bonds is 3. The second-order valence-corrected chi connectivity index (χ2v) is 16.5. The van der Waals surface area contributed by atoms with Crippen molar-refractivity contribution < 1.29 is 9.53 Å². The Morgan fingerprint density at radius 3 is 2.23 bits per heavy atom. The first kappa shape index (κ1) is 28.3. The van der Waals surface area contributed by atoms with E-state index in [2.05, 4.69) is 73.3 Å². The molecule has 5 aliphatic rings. The number of ether oxygens (including phenoxy) is 1. The molecule has 0 amide bonds. The summed E-state index contributed by atoms with van der Waals surface area (Å²) in [6, 6.07) is 8.20. The van der Waals surface area contributed by atoms with Crippen molar-refractivity contribution in [1.29, 1.82) is 0 Å². The number of carbonyl (C=O) groups excluding carboxylic acids is 1. The molecule has 0 bridgehead atoms. The van der Waals surface area contributed by atoms with Gasteiger partial charge >= 0.3 is 0 Å². The molecule has 218 valence electrons. The van der Waals surface area contributed by atoms with Crippen molar-refractivity contribution in [2.75, 3.05) is 7.11 Å². The zero-order valence-corrected chi connectivity index (χ0v) is 26.7. The first-order valence-corrected chi connectivity index (χ1v) is 16.3. The molecule has 1 aromatic rings. The minimum Gasteiger partial charge on any atom is -0.497 e. The maximum absolute atomic E-state index is 14.1. The molecule has 0 unspecified atom stereocenters. The summed E-state index contributed by atoms with van der Waals surface area (Å²) in [7, 11) is 1.70. The Morgan fingerprint density at radius 1 is 0.875 bits per heavy atom. The van der Waals surface area contributed by atoms with E-state index in [-0.39, 0.29) is 10.8 Å². The summed E-state index contributed by atoms with van der Waals surface area (Å²) < 4.78 is 5.38. The zero-order chi connectivity index (χ0) is 28.9. The molecule has 0 radical (unpaired) electrons. The van der Waals surface area contributed by atoms with Crippen LogP contribution >= 0.6 is 0 Å². The van der Waals surface area contributed by atoms with Gasteiger partial charge in [0.25, 0.3) is 0 Å². The lowest BCUT2D eigenvalue weighted by Crippen LogP contribution is -2.66. The molecular formula is C38H54O2. The summed E-state index contributed by atoms with van der Waals surface area (Å²) in [5.41, 5.74) is 4.55. The molecule has 0 spiro atoms. The molecular weight excluding hydrogens is 488 g/mol. The fourth-order valence-corrected chi connectivity index (χ4v) is 12.4. The van der Waals surface area contributed by atoms with Gasteiger partial charge in [-0.25, -0.2) is 0 Å². The van der Waals surface area contributed by atoms with Gasteiger partial charge in [0.2, 0.25) is 0 Å². The van der Waals surface area contributed by atoms with Gasteiger partial charge in [-0.05, 0) is 145 Å². The number of ketones is 1. The fraction of sp³-hybridized carbons (Fsp3) is 0.711. The number of benzene rings is 1. The largest absolute Gasteiger partial charge is 0.497 e. The molecule has 0 heterocycles. The van der Waals surface area contributed by atoms with Crippen molar-refractivity contribution in [3.8, 4) is 5.75 Å². The quantitative estimate of drug-likeness (QED) is 0.281. The lowest BCUT2D eigenvalue weighted by molar-refractivity contribution is -0.228. The van der Waals surface area contributed by atoms with Crippen molar-refractivity contribution in [3.05, 3.63) is 47.6 Å². The standard InChI is InChI=1S/C38H54O2/c1-24(2)28-16-18-35(5)20-21-37(7)29(32(28)35)14-15-31-36(6)23-26(22-25-10-12-27(40-9)13-11-25)33(39)34(3,4)30(36)17-19-38(31,37)8/h10-13,22,28-32H,1,14-21,23H2,2-9H3/b26-22-/t28-,29+,30-,31+,32+,35+,36+,37+,38-/m0/s1. The third-order valence-corrected chi connectivity index (χ3v) is 14.5. The molecule has 5 fully saturated rings. The summed E-state index contributed by atoms with van der Waals surface area (Å²) in [6.07, 6.45) is 13.7. The van der Waals surface area contributed by atoms with E-state index in [1.807, 2.05) is 12.1 Å². The number of fused-ring (bicyclic) bond motifs is 7. The van der Waals surface area contributed by atoms with Gasteiger partial charge in [0, 0.05) is 5.41 Å². The lowest BCUT2D eigenvalue weighted by atomic mass is 9.32. The molecule has 5 aliphatic carbocycles. The smallest absolute Gasteiger partial charge is 0.164 e. The summed E-state index contributed by atoms with van der Waals surface area (Å²) >= 11 is 0. The van der Waals surface area contributed by atoms with Gasteiger partial charge in [-0.3, -0.25) is 4.79 Å². The SMILES string of the molecule is C=C(C)[C@@H]1CC[C@]2(C)CC[C@]3(C)[C@H](CC[C@@H]4[C@]5(C)C/C(=C/c6ccc(OC)cc6)C(=O)C(C)(C)[C@@H]5CC[C@@]43C)[C@@H]12. The molecule has 2 nitrogen and oxygen atoms in total. The molecule has 0 saturated heterocycles. The second-order valence-electron chi connectivity index (χ2n) is 16.5. The Hall–Kier alpha value is -1.83. The first-order valence-electron chi connectivity index (χ1n) is 16.3. The number of Topliss-reactive ketones (excluding diaryl/α,β-unsaturated/α-hetero) is 1. The molecule has 40 heavy (non-hydrogen) atoms. The summed E-state index contributed by atoms with van der Waals surface area (Å²) in [4.78, 5) is 14.1. The number of hydrogen-bond donors (Lipinski definition) is 0. The highest BCUT2D eigenvalue weighted by atomic mass is 16.5. The topological polar surface area (TPSA) is 26.3 Å². The van der Waals surface area contributed by atoms with Gasteiger partial charge in [-0.15, -0.1) is 0 Å². The van der Waals surface area contributed by atoms with Crippen LogP contribution in [0.3, 0.4) is 0 Å². The third kappa shape index (κ3) is 3.69. The van der Waals surface area contributed by atoms with Crippen LogP contribution in [0.15, 0.2) is 42.0 Å². The van der Waals surface area contributed by atoms with Crippen molar-refractivity contribution in [1.82, 2.24) is 0 Å². The molecule has 0 aliphatic heterocycles. The van der Waals surface area contributed by atoms with Crippen molar-refractivity contribution >= 4 is 11.9 Å². The van der Waals surface area contributed by atoms with E-state index in [4.69, 9.17) is 4.74 Å². The average molecular weight is 543 g/mol. The van der Waals surface area contributed by atoms with Gasteiger partial charge in [0.1, 0.15) is 5.75 Å². The molecule has 9 atom stereocenters. The predicted molar refractivity (Wildman–Crippen MR) is 166 cm³/mol. The van der Waals surface area contributed by atoms with E-state index in [0.717, 1.165) is 35.1 Å². The van der Waals surface area contributed by atoms with Crippen LogP contribution in [-0.4, -0.2) is 12.9 Å². The van der Waals surface area contributed by atoms with Crippen molar-refractivity contribution in [2.45, 2.75) is 106 Å². The Kier molecular flexibility index (Phi) is 6.43. The molecule has 0 aromatic heterocycles. The Balaban J connectivity index is 1.39. The van der Waals surface area contributed by atoms with Crippen molar-refractivity contribution in [3.63, 3.8) is 0 Å². The Bertz CT molecular complexity index is 1240. The average Bonchev–Trinajstić information content (AvgIpc) is 3.26. The Labute approximate surface area is 244 Å². The minimum absolute atomic E-state index is 0.140. The van der Waals surface area contributed by atoms with Crippen molar-refractivity contribution in [2.24, 2.45) is 56.7 Å². The zero-order valence-electron chi connectivity index (χ0n) is 26.7. The van der Waals surface area contributed by atoms with E-state index in [1.165, 1.54) is 56.9 Å². The molecule has 6 rings (SSSR count). The predicted octanol–water partition coefficient (Wildman–Crippen LogP) is 9.94. The van der Waals surface area contributed by atoms with Crippen LogP contribution in [0.5, 0.6) is 5.75 Å².